The van der Waals surface area contributed by atoms with Crippen molar-refractivity contribution in [3.05, 3.63) is 103 Å². The summed E-state index contributed by atoms with van der Waals surface area (Å²) >= 11 is 0. The van der Waals surface area contributed by atoms with Gasteiger partial charge < -0.3 is 11.1 Å². The maximum Gasteiger partial charge on any atom is 0.0633 e. The minimum atomic E-state index is 0.774. The highest BCUT2D eigenvalue weighted by Gasteiger charge is 2.10. The van der Waals surface area contributed by atoms with Gasteiger partial charge in [-0.3, -0.25) is 0 Å². The molecule has 0 aliphatic carbocycles. The molecule has 0 radical (unpaired) electrons. The van der Waals surface area contributed by atoms with Crippen molar-refractivity contribution in [2.45, 2.75) is 0 Å². The van der Waals surface area contributed by atoms with Crippen LogP contribution in [0.4, 0.5) is 17.1 Å². The molecule has 0 aliphatic heterocycles. The zero-order valence-corrected chi connectivity index (χ0v) is 16.4. The maximum absolute atomic E-state index is 6.54. The molecule has 142 valence electrons. The third kappa shape index (κ3) is 2.58. The minimum Gasteiger partial charge on any atom is -0.397 e. The number of nitrogens with two attached hydrogens (primary N) is 1. The minimum absolute atomic E-state index is 0.774. The molecule has 0 heterocycles. The topological polar surface area (TPSA) is 38.0 Å². The number of hydrogen-bond acceptors (Lipinski definition) is 2. The third-order valence-electron chi connectivity index (χ3n) is 5.97. The lowest BCUT2D eigenvalue weighted by molar-refractivity contribution is 1.60. The van der Waals surface area contributed by atoms with Crippen LogP contribution in [0.1, 0.15) is 0 Å². The fourth-order valence-corrected chi connectivity index (χ4v) is 4.46. The van der Waals surface area contributed by atoms with Gasteiger partial charge in [-0.05, 0) is 56.6 Å². The molecule has 0 bridgehead atoms. The summed E-state index contributed by atoms with van der Waals surface area (Å²) < 4.78 is 0. The fourth-order valence-electron chi connectivity index (χ4n) is 4.46. The van der Waals surface area contributed by atoms with Crippen molar-refractivity contribution >= 4 is 60.2 Å². The number of benzene rings is 6. The Morgan fingerprint density at radius 1 is 0.467 bits per heavy atom. The van der Waals surface area contributed by atoms with Gasteiger partial charge in [0.1, 0.15) is 0 Å². The van der Waals surface area contributed by atoms with Gasteiger partial charge in [-0.1, -0.05) is 78.9 Å². The molecule has 2 heteroatoms. The molecule has 2 nitrogen and oxygen atoms in total. The Kier molecular flexibility index (Phi) is 3.65. The average Bonchev–Trinajstić information content (AvgIpc) is 2.79. The summed E-state index contributed by atoms with van der Waals surface area (Å²) in [7, 11) is 0. The van der Waals surface area contributed by atoms with E-state index in [1.165, 1.54) is 32.3 Å². The van der Waals surface area contributed by atoms with Crippen molar-refractivity contribution in [2.24, 2.45) is 0 Å². The maximum atomic E-state index is 6.54. The highest BCUT2D eigenvalue weighted by molar-refractivity contribution is 6.17. The van der Waals surface area contributed by atoms with Gasteiger partial charge in [0.05, 0.1) is 11.4 Å². The number of fused-ring (bicyclic) bond motifs is 5. The van der Waals surface area contributed by atoms with Crippen molar-refractivity contribution in [3.8, 4) is 0 Å². The Morgan fingerprint density at radius 2 is 1.13 bits per heavy atom. The second-order valence-corrected chi connectivity index (χ2v) is 7.76. The lowest BCUT2D eigenvalue weighted by Gasteiger charge is -2.15. The average molecular weight is 384 g/mol. The van der Waals surface area contributed by atoms with Crippen LogP contribution in [0.15, 0.2) is 103 Å². The first-order valence-corrected chi connectivity index (χ1v) is 10.2. The molecule has 6 aromatic rings. The van der Waals surface area contributed by atoms with E-state index in [1.54, 1.807) is 0 Å². The highest BCUT2D eigenvalue weighted by Crippen LogP contribution is 2.37. The molecule has 6 rings (SSSR count). The van der Waals surface area contributed by atoms with Crippen LogP contribution in [-0.4, -0.2) is 0 Å². The predicted molar refractivity (Wildman–Crippen MR) is 131 cm³/mol. The van der Waals surface area contributed by atoms with Crippen LogP contribution in [-0.2, 0) is 0 Å². The molecular weight excluding hydrogens is 364 g/mol. The number of anilines is 3. The van der Waals surface area contributed by atoms with E-state index in [1.807, 2.05) is 12.1 Å². The summed E-state index contributed by atoms with van der Waals surface area (Å²) in [6, 6.07) is 36.3. The first-order valence-electron chi connectivity index (χ1n) is 10.2. The van der Waals surface area contributed by atoms with E-state index in [-0.39, 0.29) is 0 Å². The zero-order chi connectivity index (χ0) is 20.1. The van der Waals surface area contributed by atoms with E-state index in [4.69, 9.17) is 5.73 Å². The first-order chi connectivity index (χ1) is 14.8. The number of nitrogen functional groups attached to an aromatic ring is 1. The third-order valence-corrected chi connectivity index (χ3v) is 5.97. The van der Waals surface area contributed by atoms with Crippen LogP contribution >= 0.6 is 0 Å². The summed E-state index contributed by atoms with van der Waals surface area (Å²) in [5, 5.41) is 13.3. The van der Waals surface area contributed by atoms with Crippen LogP contribution in [0.2, 0.25) is 0 Å². The second-order valence-electron chi connectivity index (χ2n) is 7.76. The van der Waals surface area contributed by atoms with Crippen molar-refractivity contribution in [2.75, 3.05) is 11.1 Å². The lowest BCUT2D eigenvalue weighted by atomic mass is 9.97. The first kappa shape index (κ1) is 16.9. The normalized spacial score (nSPS) is 11.5. The summed E-state index contributed by atoms with van der Waals surface area (Å²) in [4.78, 5) is 0. The van der Waals surface area contributed by atoms with Gasteiger partial charge in [-0.15, -0.1) is 0 Å². The van der Waals surface area contributed by atoms with Gasteiger partial charge in [-0.2, -0.15) is 0 Å². The van der Waals surface area contributed by atoms with Gasteiger partial charge in [0.25, 0.3) is 0 Å². The highest BCUT2D eigenvalue weighted by atomic mass is 14.9. The van der Waals surface area contributed by atoms with Gasteiger partial charge in [0.2, 0.25) is 0 Å². The molecule has 30 heavy (non-hydrogen) atoms. The van der Waals surface area contributed by atoms with Crippen molar-refractivity contribution < 1.29 is 0 Å². The molecular formula is C28H20N2. The molecule has 0 spiro atoms. The standard InChI is InChI=1S/C28H20N2/c29-28-23-10-4-3-6-18(23)14-15-26(28)30-25-11-5-9-19-12-13-22-16-20-7-1-2-8-21(20)17-24(22)27(19)25/h1-17,30H,29H2. The molecule has 0 aromatic heterocycles. The Balaban J connectivity index is 1.60. The molecule has 0 aliphatic rings. The van der Waals surface area contributed by atoms with E-state index >= 15 is 0 Å². The quantitative estimate of drug-likeness (QED) is 0.183. The fraction of sp³-hybridized carbons (Fsp3) is 0. The summed E-state index contributed by atoms with van der Waals surface area (Å²) in [5.74, 6) is 0. The molecule has 0 saturated carbocycles. The number of hydrogen-bond donors (Lipinski definition) is 2. The lowest BCUT2D eigenvalue weighted by Crippen LogP contribution is -1.98. The van der Waals surface area contributed by atoms with Crippen molar-refractivity contribution in [1.29, 1.82) is 0 Å². The van der Waals surface area contributed by atoms with E-state index in [9.17, 15) is 0 Å². The summed E-state index contributed by atoms with van der Waals surface area (Å²) in [6.07, 6.45) is 0. The molecule has 0 fully saturated rings. The smallest absolute Gasteiger partial charge is 0.0633 e. The Morgan fingerprint density at radius 3 is 2.00 bits per heavy atom. The van der Waals surface area contributed by atoms with Gasteiger partial charge in [0, 0.05) is 16.5 Å². The van der Waals surface area contributed by atoms with Crippen molar-refractivity contribution in [3.63, 3.8) is 0 Å². The number of nitrogens with one attached hydrogen (secondary N) is 1. The summed E-state index contributed by atoms with van der Waals surface area (Å²) in [6.45, 7) is 0. The summed E-state index contributed by atoms with van der Waals surface area (Å²) in [5.41, 5.74) is 9.30. The van der Waals surface area contributed by atoms with Gasteiger partial charge in [-0.25, -0.2) is 0 Å². The van der Waals surface area contributed by atoms with Crippen LogP contribution in [0.5, 0.6) is 0 Å². The molecule has 0 atom stereocenters. The van der Waals surface area contributed by atoms with Crippen LogP contribution in [0.3, 0.4) is 0 Å². The molecule has 6 aromatic carbocycles. The van der Waals surface area contributed by atoms with Gasteiger partial charge in [0.15, 0.2) is 0 Å². The molecule has 0 saturated heterocycles. The van der Waals surface area contributed by atoms with Crippen LogP contribution in [0, 0.1) is 0 Å². The largest absolute Gasteiger partial charge is 0.397 e. The van der Waals surface area contributed by atoms with Crippen LogP contribution < -0.4 is 11.1 Å². The zero-order valence-electron chi connectivity index (χ0n) is 16.4. The Hall–Kier alpha value is -4.04. The van der Waals surface area contributed by atoms with E-state index < -0.39 is 0 Å². The molecule has 0 unspecified atom stereocenters. The molecule has 0 amide bonds. The Labute approximate surface area is 174 Å². The van der Waals surface area contributed by atoms with E-state index in [0.29, 0.717) is 0 Å². The second kappa shape index (κ2) is 6.50. The van der Waals surface area contributed by atoms with Crippen LogP contribution in [0.25, 0.3) is 43.1 Å². The SMILES string of the molecule is Nc1c(Nc2cccc3ccc4cc5ccccc5cc4c23)ccc2ccccc12. The van der Waals surface area contributed by atoms with E-state index in [0.717, 1.165) is 27.8 Å². The molecule has 3 N–H and O–H groups in total. The number of rotatable bonds is 2. The van der Waals surface area contributed by atoms with Gasteiger partial charge >= 0.3 is 0 Å². The monoisotopic (exact) mass is 384 g/mol. The Bertz CT molecular complexity index is 1580. The van der Waals surface area contributed by atoms with Crippen molar-refractivity contribution in [1.82, 2.24) is 0 Å². The van der Waals surface area contributed by atoms with E-state index in [2.05, 4.69) is 96.3 Å². The predicted octanol–water partition coefficient (Wildman–Crippen LogP) is 7.63.